The minimum Gasteiger partial charge on any atom is -0.368 e. The standard InChI is InChI=1S/C15H23BrN2/c1-4-11(2)13-10-18(9-8-17-13)14-7-5-6-12(3)15(14)16/h5-7,11,13,17H,4,8-10H2,1-3H3. The Bertz CT molecular complexity index is 405. The maximum Gasteiger partial charge on any atom is 0.0514 e. The first-order valence-corrected chi connectivity index (χ1v) is 7.66. The molecule has 0 spiro atoms. The van der Waals surface area contributed by atoms with Gasteiger partial charge in [0.15, 0.2) is 0 Å². The van der Waals surface area contributed by atoms with E-state index < -0.39 is 0 Å². The fraction of sp³-hybridized carbons (Fsp3) is 0.600. The maximum atomic E-state index is 3.73. The molecule has 3 heteroatoms. The highest BCUT2D eigenvalue weighted by Crippen LogP contribution is 2.30. The SMILES string of the molecule is CCC(C)C1CN(c2cccc(C)c2Br)CCN1. The van der Waals surface area contributed by atoms with E-state index >= 15 is 0 Å². The third kappa shape index (κ3) is 2.89. The van der Waals surface area contributed by atoms with Crippen LogP contribution in [0.25, 0.3) is 0 Å². The molecular formula is C15H23BrN2. The molecule has 0 bridgehead atoms. The molecule has 1 aliphatic rings. The fourth-order valence-electron chi connectivity index (χ4n) is 2.54. The second-order valence-corrected chi connectivity index (χ2v) is 6.09. The van der Waals surface area contributed by atoms with Crippen molar-refractivity contribution in [2.45, 2.75) is 33.2 Å². The predicted molar refractivity (Wildman–Crippen MR) is 82.3 cm³/mol. The van der Waals surface area contributed by atoms with Gasteiger partial charge in [-0.05, 0) is 40.4 Å². The normalized spacial score (nSPS) is 22.0. The summed E-state index contributed by atoms with van der Waals surface area (Å²) >= 11 is 3.73. The number of halogens is 1. The highest BCUT2D eigenvalue weighted by Gasteiger charge is 2.24. The smallest absolute Gasteiger partial charge is 0.0514 e. The van der Waals surface area contributed by atoms with Crippen molar-refractivity contribution in [3.63, 3.8) is 0 Å². The van der Waals surface area contributed by atoms with Crippen molar-refractivity contribution in [1.29, 1.82) is 0 Å². The summed E-state index contributed by atoms with van der Waals surface area (Å²) in [4.78, 5) is 2.50. The lowest BCUT2D eigenvalue weighted by atomic mass is 9.97. The number of nitrogens with one attached hydrogen (secondary N) is 1. The molecule has 1 fully saturated rings. The molecule has 18 heavy (non-hydrogen) atoms. The molecule has 1 saturated heterocycles. The molecule has 1 heterocycles. The molecule has 100 valence electrons. The van der Waals surface area contributed by atoms with Gasteiger partial charge in [-0.3, -0.25) is 0 Å². The van der Waals surface area contributed by atoms with Gasteiger partial charge in [-0.1, -0.05) is 32.4 Å². The average Bonchev–Trinajstić information content (AvgIpc) is 2.41. The summed E-state index contributed by atoms with van der Waals surface area (Å²) in [7, 11) is 0. The molecule has 0 amide bonds. The monoisotopic (exact) mass is 310 g/mol. The van der Waals surface area contributed by atoms with E-state index in [-0.39, 0.29) is 0 Å². The quantitative estimate of drug-likeness (QED) is 0.918. The molecule has 1 aliphatic heterocycles. The Morgan fingerprint density at radius 1 is 1.50 bits per heavy atom. The molecule has 0 aliphatic carbocycles. The number of aryl methyl sites for hydroxylation is 1. The van der Waals surface area contributed by atoms with Crippen molar-refractivity contribution in [3.05, 3.63) is 28.2 Å². The molecule has 0 radical (unpaired) electrons. The summed E-state index contributed by atoms with van der Waals surface area (Å²) in [5.41, 5.74) is 2.65. The van der Waals surface area contributed by atoms with Crippen LogP contribution in [0.15, 0.2) is 22.7 Å². The summed E-state index contributed by atoms with van der Waals surface area (Å²) in [6.45, 7) is 10.0. The first-order valence-electron chi connectivity index (χ1n) is 6.87. The highest BCUT2D eigenvalue weighted by molar-refractivity contribution is 9.10. The van der Waals surface area contributed by atoms with Crippen LogP contribution >= 0.6 is 15.9 Å². The van der Waals surface area contributed by atoms with Crippen LogP contribution < -0.4 is 10.2 Å². The van der Waals surface area contributed by atoms with Crippen LogP contribution in [-0.4, -0.2) is 25.7 Å². The van der Waals surface area contributed by atoms with Crippen molar-refractivity contribution in [2.24, 2.45) is 5.92 Å². The van der Waals surface area contributed by atoms with Crippen molar-refractivity contribution < 1.29 is 0 Å². The lowest BCUT2D eigenvalue weighted by Gasteiger charge is -2.38. The molecule has 2 unspecified atom stereocenters. The van der Waals surface area contributed by atoms with Gasteiger partial charge in [-0.15, -0.1) is 0 Å². The third-order valence-corrected chi connectivity index (χ3v) is 5.08. The second kappa shape index (κ2) is 6.07. The third-order valence-electron chi connectivity index (χ3n) is 4.05. The van der Waals surface area contributed by atoms with Gasteiger partial charge in [0.05, 0.1) is 5.69 Å². The minimum atomic E-state index is 0.608. The zero-order chi connectivity index (χ0) is 13.1. The van der Waals surface area contributed by atoms with Crippen molar-refractivity contribution >= 4 is 21.6 Å². The van der Waals surface area contributed by atoms with Gasteiger partial charge in [0.25, 0.3) is 0 Å². The fourth-order valence-corrected chi connectivity index (χ4v) is 3.05. The van der Waals surface area contributed by atoms with Crippen molar-refractivity contribution in [1.82, 2.24) is 5.32 Å². The average molecular weight is 311 g/mol. The number of rotatable bonds is 3. The summed E-state index contributed by atoms with van der Waals surface area (Å²) in [5.74, 6) is 0.733. The van der Waals surface area contributed by atoms with E-state index in [1.54, 1.807) is 0 Å². The Morgan fingerprint density at radius 2 is 2.28 bits per heavy atom. The van der Waals surface area contributed by atoms with E-state index in [1.807, 2.05) is 0 Å². The van der Waals surface area contributed by atoms with Crippen LogP contribution in [0.2, 0.25) is 0 Å². The minimum absolute atomic E-state index is 0.608. The lowest BCUT2D eigenvalue weighted by Crippen LogP contribution is -2.53. The lowest BCUT2D eigenvalue weighted by molar-refractivity contribution is 0.341. The molecule has 1 N–H and O–H groups in total. The van der Waals surface area contributed by atoms with E-state index in [2.05, 4.69) is 65.1 Å². The zero-order valence-electron chi connectivity index (χ0n) is 11.5. The second-order valence-electron chi connectivity index (χ2n) is 5.30. The maximum absolute atomic E-state index is 3.73. The molecule has 0 aromatic heterocycles. The molecule has 2 rings (SSSR count). The predicted octanol–water partition coefficient (Wildman–Crippen LogP) is 3.58. The molecule has 2 atom stereocenters. The van der Waals surface area contributed by atoms with Crippen molar-refractivity contribution in [3.8, 4) is 0 Å². The molecule has 1 aromatic carbocycles. The highest BCUT2D eigenvalue weighted by atomic mass is 79.9. The van der Waals surface area contributed by atoms with Gasteiger partial charge in [0, 0.05) is 30.1 Å². The summed E-state index contributed by atoms with van der Waals surface area (Å²) in [6, 6.07) is 7.13. The Kier molecular flexibility index (Phi) is 4.68. The first-order chi connectivity index (χ1) is 8.63. The van der Waals surface area contributed by atoms with Crippen LogP contribution in [0.5, 0.6) is 0 Å². The Morgan fingerprint density at radius 3 is 3.00 bits per heavy atom. The van der Waals surface area contributed by atoms with E-state index in [1.165, 1.54) is 22.1 Å². The van der Waals surface area contributed by atoms with Gasteiger partial charge < -0.3 is 10.2 Å². The van der Waals surface area contributed by atoms with Gasteiger partial charge in [-0.2, -0.15) is 0 Å². The number of nitrogens with zero attached hydrogens (tertiary/aromatic N) is 1. The Balaban J connectivity index is 2.15. The van der Waals surface area contributed by atoms with E-state index in [0.29, 0.717) is 6.04 Å². The Labute approximate surface area is 119 Å². The first kappa shape index (κ1) is 13.9. The summed E-state index contributed by atoms with van der Waals surface area (Å²) in [6.07, 6.45) is 1.24. The Hall–Kier alpha value is -0.540. The van der Waals surface area contributed by atoms with Crippen LogP contribution in [0.4, 0.5) is 5.69 Å². The van der Waals surface area contributed by atoms with E-state index in [9.17, 15) is 0 Å². The van der Waals surface area contributed by atoms with Gasteiger partial charge in [0.2, 0.25) is 0 Å². The van der Waals surface area contributed by atoms with Crippen LogP contribution in [0.3, 0.4) is 0 Å². The molecule has 2 nitrogen and oxygen atoms in total. The zero-order valence-corrected chi connectivity index (χ0v) is 13.1. The summed E-state index contributed by atoms with van der Waals surface area (Å²) in [5, 5.41) is 3.65. The summed E-state index contributed by atoms with van der Waals surface area (Å²) < 4.78 is 1.25. The number of anilines is 1. The van der Waals surface area contributed by atoms with Crippen molar-refractivity contribution in [2.75, 3.05) is 24.5 Å². The van der Waals surface area contributed by atoms with Gasteiger partial charge in [-0.25, -0.2) is 0 Å². The van der Waals surface area contributed by atoms with Gasteiger partial charge in [0.1, 0.15) is 0 Å². The van der Waals surface area contributed by atoms with Gasteiger partial charge >= 0.3 is 0 Å². The van der Waals surface area contributed by atoms with E-state index in [4.69, 9.17) is 0 Å². The molecule has 0 saturated carbocycles. The molecule has 1 aromatic rings. The van der Waals surface area contributed by atoms with Crippen LogP contribution in [-0.2, 0) is 0 Å². The largest absolute Gasteiger partial charge is 0.368 e. The van der Waals surface area contributed by atoms with Crippen LogP contribution in [0, 0.1) is 12.8 Å². The van der Waals surface area contributed by atoms with E-state index in [0.717, 1.165) is 25.6 Å². The topological polar surface area (TPSA) is 15.3 Å². The van der Waals surface area contributed by atoms with Crippen LogP contribution in [0.1, 0.15) is 25.8 Å². The number of piperazine rings is 1. The number of benzene rings is 1. The number of hydrogen-bond donors (Lipinski definition) is 1. The molecular weight excluding hydrogens is 288 g/mol. The number of hydrogen-bond acceptors (Lipinski definition) is 2.